The highest BCUT2D eigenvalue weighted by molar-refractivity contribution is 7.88. The molecule has 1 aliphatic rings. The minimum Gasteiger partial charge on any atom is -0.340 e. The summed E-state index contributed by atoms with van der Waals surface area (Å²) in [6.45, 7) is 4.24. The highest BCUT2D eigenvalue weighted by atomic mass is 32.2. The molecule has 1 atom stereocenters. The first-order valence-corrected chi connectivity index (χ1v) is 10.2. The van der Waals surface area contributed by atoms with Crippen LogP contribution in [0.4, 0.5) is 4.39 Å². The number of sulfonamides is 1. The van der Waals surface area contributed by atoms with E-state index in [1.807, 2.05) is 11.8 Å². The lowest BCUT2D eigenvalue weighted by atomic mass is 10.2. The Balaban J connectivity index is 1.96. The third-order valence-corrected chi connectivity index (χ3v) is 5.85. The first-order chi connectivity index (χ1) is 11.7. The van der Waals surface area contributed by atoms with Crippen molar-refractivity contribution in [1.82, 2.24) is 14.1 Å². The fraction of sp³-hybridized carbons (Fsp3) is 0.588. The lowest BCUT2D eigenvalue weighted by Gasteiger charge is -2.30. The third kappa shape index (κ3) is 5.49. The number of halogens is 1. The van der Waals surface area contributed by atoms with Gasteiger partial charge in [0.2, 0.25) is 15.9 Å². The van der Waals surface area contributed by atoms with Gasteiger partial charge in [-0.1, -0.05) is 12.1 Å². The normalized spacial score (nSPS) is 18.6. The Morgan fingerprint density at radius 1 is 1.28 bits per heavy atom. The second-order valence-electron chi connectivity index (χ2n) is 6.55. The van der Waals surface area contributed by atoms with E-state index in [0.29, 0.717) is 39.1 Å². The highest BCUT2D eigenvalue weighted by Crippen LogP contribution is 2.13. The highest BCUT2D eigenvalue weighted by Gasteiger charge is 2.28. The number of amides is 1. The van der Waals surface area contributed by atoms with Crippen LogP contribution in [0.1, 0.15) is 18.9 Å². The van der Waals surface area contributed by atoms with Gasteiger partial charge in [0.15, 0.2) is 0 Å². The number of rotatable bonds is 5. The van der Waals surface area contributed by atoms with Crippen LogP contribution in [0, 0.1) is 5.82 Å². The Labute approximate surface area is 149 Å². The number of hydrogen-bond donors (Lipinski definition) is 0. The molecule has 0 radical (unpaired) electrons. The molecular weight excluding hydrogens is 345 g/mol. The molecule has 0 aliphatic carbocycles. The van der Waals surface area contributed by atoms with Crippen LogP contribution in [0.3, 0.4) is 0 Å². The summed E-state index contributed by atoms with van der Waals surface area (Å²) in [6.07, 6.45) is 1.91. The number of likely N-dealkylation sites (N-methyl/N-ethyl adjacent to an activating group) is 1. The Morgan fingerprint density at radius 3 is 2.64 bits per heavy atom. The van der Waals surface area contributed by atoms with Gasteiger partial charge >= 0.3 is 0 Å². The van der Waals surface area contributed by atoms with Crippen LogP contribution in [0.25, 0.3) is 0 Å². The number of carbonyl (C=O) groups is 1. The maximum absolute atomic E-state index is 13.3. The molecule has 1 aromatic carbocycles. The topological polar surface area (TPSA) is 60.9 Å². The molecule has 1 fully saturated rings. The SMILES string of the molecule is C[C@H](C(=O)N(C)Cc1cccc(F)c1)N1CCCN(S(C)(=O)=O)CC1. The molecule has 8 heteroatoms. The summed E-state index contributed by atoms with van der Waals surface area (Å²) in [6, 6.07) is 5.86. The molecule has 1 heterocycles. The van der Waals surface area contributed by atoms with E-state index >= 15 is 0 Å². The number of nitrogens with zero attached hydrogens (tertiary/aromatic N) is 3. The van der Waals surface area contributed by atoms with Gasteiger partial charge in [0, 0.05) is 39.8 Å². The van der Waals surface area contributed by atoms with Crippen molar-refractivity contribution < 1.29 is 17.6 Å². The smallest absolute Gasteiger partial charge is 0.239 e. The van der Waals surface area contributed by atoms with E-state index in [1.54, 1.807) is 24.1 Å². The van der Waals surface area contributed by atoms with Crippen LogP contribution in [-0.2, 0) is 21.4 Å². The van der Waals surface area contributed by atoms with Crippen molar-refractivity contribution in [3.05, 3.63) is 35.6 Å². The largest absolute Gasteiger partial charge is 0.340 e. The molecule has 25 heavy (non-hydrogen) atoms. The first-order valence-electron chi connectivity index (χ1n) is 8.37. The average Bonchev–Trinajstić information content (AvgIpc) is 2.79. The molecule has 0 bridgehead atoms. The van der Waals surface area contributed by atoms with E-state index in [-0.39, 0.29) is 17.8 Å². The lowest BCUT2D eigenvalue weighted by Crippen LogP contribution is -2.47. The second-order valence-corrected chi connectivity index (χ2v) is 8.53. The molecule has 6 nitrogen and oxygen atoms in total. The molecule has 0 aromatic heterocycles. The predicted octanol–water partition coefficient (Wildman–Crippen LogP) is 1.14. The van der Waals surface area contributed by atoms with Gasteiger partial charge in [-0.15, -0.1) is 0 Å². The summed E-state index contributed by atoms with van der Waals surface area (Å²) in [5.41, 5.74) is 0.738. The molecule has 0 saturated carbocycles. The summed E-state index contributed by atoms with van der Waals surface area (Å²) in [7, 11) is -1.51. The van der Waals surface area contributed by atoms with Crippen LogP contribution >= 0.6 is 0 Å². The Kier molecular flexibility index (Phi) is 6.53. The van der Waals surface area contributed by atoms with Gasteiger partial charge in [-0.05, 0) is 31.0 Å². The molecule has 1 amide bonds. The zero-order chi connectivity index (χ0) is 18.6. The Hall–Kier alpha value is -1.51. The summed E-state index contributed by atoms with van der Waals surface area (Å²) in [4.78, 5) is 16.3. The van der Waals surface area contributed by atoms with E-state index in [0.717, 1.165) is 5.56 Å². The van der Waals surface area contributed by atoms with Crippen molar-refractivity contribution in [2.24, 2.45) is 0 Å². The van der Waals surface area contributed by atoms with E-state index in [4.69, 9.17) is 0 Å². The van der Waals surface area contributed by atoms with E-state index in [1.165, 1.54) is 22.7 Å². The molecular formula is C17H26FN3O3S. The van der Waals surface area contributed by atoms with E-state index in [9.17, 15) is 17.6 Å². The molecule has 0 N–H and O–H groups in total. The van der Waals surface area contributed by atoms with Crippen molar-refractivity contribution >= 4 is 15.9 Å². The molecule has 0 spiro atoms. The molecule has 2 rings (SSSR count). The van der Waals surface area contributed by atoms with Gasteiger partial charge < -0.3 is 4.90 Å². The second kappa shape index (κ2) is 8.25. The fourth-order valence-corrected chi connectivity index (χ4v) is 3.97. The van der Waals surface area contributed by atoms with Crippen molar-refractivity contribution in [2.75, 3.05) is 39.5 Å². The predicted molar refractivity (Wildman–Crippen MR) is 94.9 cm³/mol. The zero-order valence-corrected chi connectivity index (χ0v) is 15.8. The van der Waals surface area contributed by atoms with Crippen LogP contribution < -0.4 is 0 Å². The van der Waals surface area contributed by atoms with Gasteiger partial charge in [0.1, 0.15) is 5.82 Å². The monoisotopic (exact) mass is 371 g/mol. The Morgan fingerprint density at radius 2 is 2.00 bits per heavy atom. The van der Waals surface area contributed by atoms with Gasteiger partial charge in [-0.3, -0.25) is 9.69 Å². The minimum absolute atomic E-state index is 0.0583. The molecule has 0 unspecified atom stereocenters. The number of carbonyl (C=O) groups excluding carboxylic acids is 1. The van der Waals surface area contributed by atoms with Crippen molar-refractivity contribution in [3.8, 4) is 0 Å². The Bertz CT molecular complexity index is 711. The number of hydrogen-bond acceptors (Lipinski definition) is 4. The average molecular weight is 371 g/mol. The van der Waals surface area contributed by atoms with Crippen LogP contribution in [-0.4, -0.2) is 74.0 Å². The van der Waals surface area contributed by atoms with Crippen LogP contribution in [0.2, 0.25) is 0 Å². The maximum atomic E-state index is 13.3. The quantitative estimate of drug-likeness (QED) is 0.779. The van der Waals surface area contributed by atoms with E-state index in [2.05, 4.69) is 0 Å². The summed E-state index contributed by atoms with van der Waals surface area (Å²) < 4.78 is 38.1. The van der Waals surface area contributed by atoms with Gasteiger partial charge in [0.25, 0.3) is 0 Å². The summed E-state index contributed by atoms with van der Waals surface area (Å²) in [5, 5.41) is 0. The molecule has 1 aliphatic heterocycles. The molecule has 1 aromatic rings. The van der Waals surface area contributed by atoms with Crippen LogP contribution in [0.5, 0.6) is 0 Å². The van der Waals surface area contributed by atoms with E-state index < -0.39 is 10.0 Å². The molecule has 1 saturated heterocycles. The lowest BCUT2D eigenvalue weighted by molar-refractivity contribution is -0.135. The van der Waals surface area contributed by atoms with Gasteiger partial charge in [-0.2, -0.15) is 0 Å². The van der Waals surface area contributed by atoms with Crippen LogP contribution in [0.15, 0.2) is 24.3 Å². The first kappa shape index (κ1) is 19.8. The molecule has 140 valence electrons. The standard InChI is InChI=1S/C17H26FN3O3S/c1-14(20-8-5-9-21(11-10-20)25(3,23)24)17(22)19(2)13-15-6-4-7-16(18)12-15/h4,6-7,12,14H,5,8-11,13H2,1-3H3/t14-/m1/s1. The van der Waals surface area contributed by atoms with Crippen molar-refractivity contribution in [2.45, 2.75) is 25.9 Å². The van der Waals surface area contributed by atoms with Gasteiger partial charge in [0.05, 0.1) is 12.3 Å². The number of benzene rings is 1. The van der Waals surface area contributed by atoms with Crippen molar-refractivity contribution in [1.29, 1.82) is 0 Å². The summed E-state index contributed by atoms with van der Waals surface area (Å²) in [5.74, 6) is -0.378. The van der Waals surface area contributed by atoms with Gasteiger partial charge in [-0.25, -0.2) is 17.1 Å². The maximum Gasteiger partial charge on any atom is 0.239 e. The van der Waals surface area contributed by atoms with Crippen molar-refractivity contribution in [3.63, 3.8) is 0 Å². The minimum atomic E-state index is -3.20. The third-order valence-electron chi connectivity index (χ3n) is 4.55. The summed E-state index contributed by atoms with van der Waals surface area (Å²) >= 11 is 0. The zero-order valence-electron chi connectivity index (χ0n) is 15.0. The fourth-order valence-electron chi connectivity index (χ4n) is 3.09.